The Balaban J connectivity index is 1.55. The zero-order valence-electron chi connectivity index (χ0n) is 19.2. The molecular formula is C28H26N6O. The molecule has 0 spiro atoms. The first-order valence-electron chi connectivity index (χ1n) is 11.8. The Kier molecular flexibility index (Phi) is 5.09. The number of anilines is 1. The van der Waals surface area contributed by atoms with Crippen molar-refractivity contribution < 1.29 is 5.11 Å². The Morgan fingerprint density at radius 2 is 1.77 bits per heavy atom. The van der Waals surface area contributed by atoms with Gasteiger partial charge in [0.2, 0.25) is 0 Å². The normalized spacial score (nSPS) is 14.7. The summed E-state index contributed by atoms with van der Waals surface area (Å²) in [5, 5.41) is 9.57. The number of hydrogen-bond acceptors (Lipinski definition) is 6. The summed E-state index contributed by atoms with van der Waals surface area (Å²) in [6.07, 6.45) is 4.86. The predicted molar refractivity (Wildman–Crippen MR) is 138 cm³/mol. The van der Waals surface area contributed by atoms with Crippen LogP contribution >= 0.6 is 0 Å². The Morgan fingerprint density at radius 3 is 2.49 bits per heavy atom. The first-order valence-corrected chi connectivity index (χ1v) is 11.8. The van der Waals surface area contributed by atoms with Gasteiger partial charge in [-0.2, -0.15) is 0 Å². The van der Waals surface area contributed by atoms with Crippen LogP contribution in [0.15, 0.2) is 79.0 Å². The van der Waals surface area contributed by atoms with Gasteiger partial charge in [0, 0.05) is 23.0 Å². The van der Waals surface area contributed by atoms with Crippen LogP contribution in [0.3, 0.4) is 0 Å². The number of pyridine rings is 2. The third kappa shape index (κ3) is 3.65. The van der Waals surface area contributed by atoms with Crippen molar-refractivity contribution in [2.45, 2.75) is 31.4 Å². The molecule has 0 saturated heterocycles. The lowest BCUT2D eigenvalue weighted by atomic mass is 9.73. The van der Waals surface area contributed by atoms with E-state index in [-0.39, 0.29) is 12.1 Å². The van der Waals surface area contributed by atoms with E-state index in [1.54, 1.807) is 6.20 Å². The Morgan fingerprint density at radius 1 is 0.943 bits per heavy atom. The van der Waals surface area contributed by atoms with Gasteiger partial charge in [0.1, 0.15) is 11.3 Å². The number of nitrogens with two attached hydrogens (primary N) is 2. The van der Waals surface area contributed by atoms with Crippen LogP contribution in [0, 0.1) is 0 Å². The third-order valence-corrected chi connectivity index (χ3v) is 6.94. The molecule has 3 aromatic heterocycles. The molecule has 0 aliphatic heterocycles. The molecule has 0 atom stereocenters. The molecule has 6 rings (SSSR count). The van der Waals surface area contributed by atoms with E-state index in [4.69, 9.17) is 21.4 Å². The zero-order valence-corrected chi connectivity index (χ0v) is 19.2. The van der Waals surface area contributed by atoms with E-state index < -0.39 is 0 Å². The first-order chi connectivity index (χ1) is 17.1. The van der Waals surface area contributed by atoms with Gasteiger partial charge < -0.3 is 16.6 Å². The standard InChI is InChI=1S/C28H26N6O/c29-25-22(6-2-15-31-25)26-33-24-12-11-23(19-5-1-4-18(16-19)17-35)32-27(24)34(26)21-9-7-20(8-10-21)28(30)13-3-14-28/h1-2,4-12,15-16,35H,3,13-14,17,30H2,(H2,29,31). The van der Waals surface area contributed by atoms with Crippen molar-refractivity contribution in [3.8, 4) is 28.3 Å². The van der Waals surface area contributed by atoms with Crippen LogP contribution in [-0.2, 0) is 12.1 Å². The smallest absolute Gasteiger partial charge is 0.165 e. The predicted octanol–water partition coefficient (Wildman–Crippen LogP) is 4.56. The average Bonchev–Trinajstić information content (AvgIpc) is 3.26. The lowest BCUT2D eigenvalue weighted by molar-refractivity contribution is 0.253. The molecular weight excluding hydrogens is 436 g/mol. The highest BCUT2D eigenvalue weighted by Gasteiger charge is 2.34. The lowest BCUT2D eigenvalue weighted by Crippen LogP contribution is -2.43. The average molecular weight is 463 g/mol. The van der Waals surface area contributed by atoms with Crippen LogP contribution in [0.4, 0.5) is 5.82 Å². The summed E-state index contributed by atoms with van der Waals surface area (Å²) in [6, 6.07) is 23.8. The van der Waals surface area contributed by atoms with E-state index >= 15 is 0 Å². The molecule has 7 heteroatoms. The van der Waals surface area contributed by atoms with Crippen LogP contribution < -0.4 is 11.5 Å². The monoisotopic (exact) mass is 462 g/mol. The van der Waals surface area contributed by atoms with Gasteiger partial charge in [-0.05, 0) is 72.9 Å². The van der Waals surface area contributed by atoms with Crippen molar-refractivity contribution in [1.82, 2.24) is 19.5 Å². The second-order valence-corrected chi connectivity index (χ2v) is 9.16. The SMILES string of the molecule is Nc1ncccc1-c1nc2ccc(-c3cccc(CO)c3)nc2n1-c1ccc(C2(N)CCC2)cc1. The van der Waals surface area contributed by atoms with Gasteiger partial charge in [-0.1, -0.05) is 30.3 Å². The second-order valence-electron chi connectivity index (χ2n) is 9.16. The summed E-state index contributed by atoms with van der Waals surface area (Å²) in [4.78, 5) is 14.2. The Labute approximate surface area is 203 Å². The molecule has 1 aliphatic carbocycles. The number of imidazole rings is 1. The molecule has 7 nitrogen and oxygen atoms in total. The number of nitrogens with zero attached hydrogens (tertiary/aromatic N) is 4. The van der Waals surface area contributed by atoms with E-state index in [2.05, 4.69) is 29.2 Å². The summed E-state index contributed by atoms with van der Waals surface area (Å²) in [6.45, 7) is -0.0204. The molecule has 1 aliphatic rings. The summed E-state index contributed by atoms with van der Waals surface area (Å²) in [5.74, 6) is 1.09. The highest BCUT2D eigenvalue weighted by atomic mass is 16.3. The van der Waals surface area contributed by atoms with Crippen molar-refractivity contribution in [2.24, 2.45) is 5.73 Å². The van der Waals surface area contributed by atoms with Gasteiger partial charge in [-0.25, -0.2) is 15.0 Å². The number of aliphatic hydroxyl groups excluding tert-OH is 1. The molecule has 0 radical (unpaired) electrons. The molecule has 0 amide bonds. The number of rotatable bonds is 5. The number of nitrogen functional groups attached to an aromatic ring is 1. The van der Waals surface area contributed by atoms with Crippen LogP contribution in [0.1, 0.15) is 30.4 Å². The lowest BCUT2D eigenvalue weighted by Gasteiger charge is -2.38. The molecule has 1 saturated carbocycles. The highest BCUT2D eigenvalue weighted by Crippen LogP contribution is 2.39. The van der Waals surface area contributed by atoms with Crippen LogP contribution in [0.25, 0.3) is 39.5 Å². The Hall–Kier alpha value is -4.07. The van der Waals surface area contributed by atoms with Crippen molar-refractivity contribution in [3.05, 3.63) is 90.1 Å². The van der Waals surface area contributed by atoms with Gasteiger partial charge in [-0.3, -0.25) is 4.57 Å². The maximum absolute atomic E-state index is 9.57. The summed E-state index contributed by atoms with van der Waals surface area (Å²) >= 11 is 0. The number of fused-ring (bicyclic) bond motifs is 1. The fourth-order valence-corrected chi connectivity index (χ4v) is 4.77. The zero-order chi connectivity index (χ0) is 24.0. The van der Waals surface area contributed by atoms with Crippen molar-refractivity contribution in [1.29, 1.82) is 0 Å². The van der Waals surface area contributed by atoms with Gasteiger partial charge in [0.25, 0.3) is 0 Å². The molecule has 0 bridgehead atoms. The van der Waals surface area contributed by atoms with E-state index in [0.29, 0.717) is 17.3 Å². The molecule has 0 unspecified atom stereocenters. The first kappa shape index (κ1) is 21.5. The van der Waals surface area contributed by atoms with Gasteiger partial charge >= 0.3 is 0 Å². The van der Waals surface area contributed by atoms with Crippen molar-refractivity contribution in [3.63, 3.8) is 0 Å². The number of benzene rings is 2. The largest absolute Gasteiger partial charge is 0.392 e. The molecule has 5 aromatic rings. The molecule has 35 heavy (non-hydrogen) atoms. The van der Waals surface area contributed by atoms with E-state index in [0.717, 1.165) is 52.0 Å². The summed E-state index contributed by atoms with van der Waals surface area (Å²) in [7, 11) is 0. The number of aromatic nitrogens is 4. The fraction of sp³-hybridized carbons (Fsp3) is 0.179. The molecule has 174 valence electrons. The topological polar surface area (TPSA) is 116 Å². The Bertz CT molecular complexity index is 1540. The van der Waals surface area contributed by atoms with Gasteiger partial charge in [0.15, 0.2) is 11.5 Å². The maximum Gasteiger partial charge on any atom is 0.165 e. The minimum atomic E-state index is -0.227. The molecule has 3 heterocycles. The van der Waals surface area contributed by atoms with E-state index in [1.165, 1.54) is 6.42 Å². The number of hydrogen-bond donors (Lipinski definition) is 3. The number of aliphatic hydroxyl groups is 1. The van der Waals surface area contributed by atoms with Crippen molar-refractivity contribution in [2.75, 3.05) is 5.73 Å². The fourth-order valence-electron chi connectivity index (χ4n) is 4.77. The van der Waals surface area contributed by atoms with E-state index in [1.807, 2.05) is 53.1 Å². The molecule has 2 aromatic carbocycles. The maximum atomic E-state index is 9.57. The summed E-state index contributed by atoms with van der Waals surface area (Å²) in [5.41, 5.74) is 19.4. The third-order valence-electron chi connectivity index (χ3n) is 6.94. The van der Waals surface area contributed by atoms with Crippen molar-refractivity contribution >= 4 is 17.0 Å². The molecule has 5 N–H and O–H groups in total. The second kappa shape index (κ2) is 8.30. The van der Waals surface area contributed by atoms with Crippen LogP contribution in [-0.4, -0.2) is 24.6 Å². The summed E-state index contributed by atoms with van der Waals surface area (Å²) < 4.78 is 2.02. The van der Waals surface area contributed by atoms with Crippen LogP contribution in [0.5, 0.6) is 0 Å². The highest BCUT2D eigenvalue weighted by molar-refractivity contribution is 5.84. The van der Waals surface area contributed by atoms with Gasteiger partial charge in [-0.15, -0.1) is 0 Å². The van der Waals surface area contributed by atoms with Crippen LogP contribution in [0.2, 0.25) is 0 Å². The van der Waals surface area contributed by atoms with E-state index in [9.17, 15) is 5.11 Å². The minimum absolute atomic E-state index is 0.0204. The quantitative estimate of drug-likeness (QED) is 0.353. The van der Waals surface area contributed by atoms with Gasteiger partial charge in [0.05, 0.1) is 17.9 Å². The minimum Gasteiger partial charge on any atom is -0.392 e. The molecule has 1 fully saturated rings.